The number of aryl methyl sites for hydroxylation is 2. The lowest BCUT2D eigenvalue weighted by Gasteiger charge is -2.02. The molecule has 0 atom stereocenters. The standard InChI is InChI=1S/C18H13Cl2N5/c1-10-9-21-11(2)18-23-17(24-25(10)18)6-4-13-3-5-14-15(20)7-12(19)8-16(14)22-13/h3-9H,1-2H3/b6-4+. The molecule has 0 unspecified atom stereocenters. The average molecular weight is 370 g/mol. The minimum atomic E-state index is 0.562. The van der Waals surface area contributed by atoms with Gasteiger partial charge in [-0.15, -0.1) is 5.10 Å². The van der Waals surface area contributed by atoms with Gasteiger partial charge in [-0.05, 0) is 50.3 Å². The molecule has 0 aliphatic rings. The van der Waals surface area contributed by atoms with Gasteiger partial charge in [-0.25, -0.2) is 14.5 Å². The number of rotatable bonds is 2. The molecule has 0 spiro atoms. The van der Waals surface area contributed by atoms with Crippen molar-refractivity contribution in [1.29, 1.82) is 0 Å². The van der Waals surface area contributed by atoms with Crippen LogP contribution in [0.15, 0.2) is 30.5 Å². The zero-order chi connectivity index (χ0) is 17.6. The number of benzene rings is 1. The Kier molecular flexibility index (Phi) is 3.90. The first kappa shape index (κ1) is 16.0. The molecule has 0 aliphatic carbocycles. The summed E-state index contributed by atoms with van der Waals surface area (Å²) in [5.74, 6) is 0.602. The van der Waals surface area contributed by atoms with E-state index in [1.165, 1.54) is 0 Å². The summed E-state index contributed by atoms with van der Waals surface area (Å²) in [4.78, 5) is 13.4. The van der Waals surface area contributed by atoms with Crippen LogP contribution in [0, 0.1) is 13.8 Å². The fourth-order valence-electron chi connectivity index (χ4n) is 2.61. The third-order valence-electron chi connectivity index (χ3n) is 3.87. The summed E-state index contributed by atoms with van der Waals surface area (Å²) in [6, 6.07) is 7.33. The SMILES string of the molecule is Cc1ncc(C)n2nc(/C=C/c3ccc4c(Cl)cc(Cl)cc4n3)nc12. The molecular weight excluding hydrogens is 357 g/mol. The smallest absolute Gasteiger partial charge is 0.177 e. The minimum Gasteiger partial charge on any atom is -0.256 e. The van der Waals surface area contributed by atoms with Crippen molar-refractivity contribution in [2.45, 2.75) is 13.8 Å². The maximum Gasteiger partial charge on any atom is 0.177 e. The molecule has 3 heterocycles. The quantitative estimate of drug-likeness (QED) is 0.510. The van der Waals surface area contributed by atoms with E-state index in [0.717, 1.165) is 33.6 Å². The summed E-state index contributed by atoms with van der Waals surface area (Å²) in [5, 5.41) is 6.51. The van der Waals surface area contributed by atoms with Gasteiger partial charge < -0.3 is 0 Å². The summed E-state index contributed by atoms with van der Waals surface area (Å²) >= 11 is 12.2. The van der Waals surface area contributed by atoms with E-state index >= 15 is 0 Å². The molecule has 1 aromatic carbocycles. The number of halogens is 2. The summed E-state index contributed by atoms with van der Waals surface area (Å²) in [6.07, 6.45) is 5.47. The van der Waals surface area contributed by atoms with Crippen molar-refractivity contribution < 1.29 is 0 Å². The molecular formula is C18H13Cl2N5. The zero-order valence-electron chi connectivity index (χ0n) is 13.5. The highest BCUT2D eigenvalue weighted by Crippen LogP contribution is 2.27. The van der Waals surface area contributed by atoms with Crippen molar-refractivity contribution in [3.63, 3.8) is 0 Å². The summed E-state index contributed by atoms with van der Waals surface area (Å²) in [6.45, 7) is 3.86. The lowest BCUT2D eigenvalue weighted by Crippen LogP contribution is -1.97. The van der Waals surface area contributed by atoms with Crippen LogP contribution in [0.25, 0.3) is 28.7 Å². The van der Waals surface area contributed by atoms with Crippen molar-refractivity contribution in [2.75, 3.05) is 0 Å². The third kappa shape index (κ3) is 2.97. The number of hydrogen-bond acceptors (Lipinski definition) is 4. The van der Waals surface area contributed by atoms with Gasteiger partial charge in [0.2, 0.25) is 0 Å². The summed E-state index contributed by atoms with van der Waals surface area (Å²) < 4.78 is 1.79. The highest BCUT2D eigenvalue weighted by atomic mass is 35.5. The lowest BCUT2D eigenvalue weighted by molar-refractivity contribution is 0.884. The number of fused-ring (bicyclic) bond motifs is 2. The van der Waals surface area contributed by atoms with Gasteiger partial charge in [-0.2, -0.15) is 0 Å². The topological polar surface area (TPSA) is 56.0 Å². The molecule has 0 amide bonds. The van der Waals surface area contributed by atoms with Crippen LogP contribution in [0.4, 0.5) is 0 Å². The molecule has 25 heavy (non-hydrogen) atoms. The molecule has 0 fully saturated rings. The predicted octanol–water partition coefficient (Wildman–Crippen LogP) is 4.77. The van der Waals surface area contributed by atoms with Gasteiger partial charge in [0.1, 0.15) is 0 Å². The van der Waals surface area contributed by atoms with E-state index in [9.17, 15) is 0 Å². The van der Waals surface area contributed by atoms with Crippen LogP contribution < -0.4 is 0 Å². The Labute approximate surface area is 154 Å². The van der Waals surface area contributed by atoms with Gasteiger partial charge in [0.25, 0.3) is 0 Å². The molecule has 4 aromatic rings. The molecule has 0 radical (unpaired) electrons. The van der Waals surface area contributed by atoms with Gasteiger partial charge in [0.05, 0.1) is 27.6 Å². The second-order valence-corrected chi connectivity index (χ2v) is 6.56. The Bertz CT molecular complexity index is 1110. The van der Waals surface area contributed by atoms with Crippen molar-refractivity contribution >= 4 is 51.9 Å². The van der Waals surface area contributed by atoms with Crippen molar-refractivity contribution in [3.8, 4) is 0 Å². The number of nitrogens with zero attached hydrogens (tertiary/aromatic N) is 5. The van der Waals surface area contributed by atoms with Gasteiger partial charge >= 0.3 is 0 Å². The molecule has 124 valence electrons. The highest BCUT2D eigenvalue weighted by Gasteiger charge is 2.07. The number of aromatic nitrogens is 5. The average Bonchev–Trinajstić information content (AvgIpc) is 3.01. The van der Waals surface area contributed by atoms with E-state index in [4.69, 9.17) is 23.2 Å². The van der Waals surface area contributed by atoms with Crippen LogP contribution >= 0.6 is 23.2 Å². The number of pyridine rings is 1. The molecule has 0 aliphatic heterocycles. The van der Waals surface area contributed by atoms with Crippen LogP contribution in [-0.2, 0) is 0 Å². The van der Waals surface area contributed by atoms with Crippen LogP contribution in [0.5, 0.6) is 0 Å². The fourth-order valence-corrected chi connectivity index (χ4v) is 3.15. The van der Waals surface area contributed by atoms with E-state index in [1.807, 2.05) is 38.1 Å². The fraction of sp³-hybridized carbons (Fsp3) is 0.111. The first-order valence-corrected chi connectivity index (χ1v) is 8.40. The molecule has 0 saturated heterocycles. The van der Waals surface area contributed by atoms with E-state index < -0.39 is 0 Å². The Hall–Kier alpha value is -2.50. The van der Waals surface area contributed by atoms with Crippen LogP contribution in [0.2, 0.25) is 10.0 Å². The number of hydrogen-bond donors (Lipinski definition) is 0. The monoisotopic (exact) mass is 369 g/mol. The van der Waals surface area contributed by atoms with Crippen molar-refractivity contribution in [1.82, 2.24) is 24.6 Å². The highest BCUT2D eigenvalue weighted by molar-refractivity contribution is 6.38. The molecule has 5 nitrogen and oxygen atoms in total. The normalized spacial score (nSPS) is 11.8. The Morgan fingerprint density at radius 2 is 1.88 bits per heavy atom. The molecule has 0 bridgehead atoms. The summed E-state index contributed by atoms with van der Waals surface area (Å²) in [5.41, 5.74) is 4.05. The maximum atomic E-state index is 6.19. The molecule has 0 N–H and O–H groups in total. The Morgan fingerprint density at radius 3 is 2.68 bits per heavy atom. The van der Waals surface area contributed by atoms with Crippen molar-refractivity contribution in [3.05, 3.63) is 63.4 Å². The van der Waals surface area contributed by atoms with E-state index in [0.29, 0.717) is 15.9 Å². The van der Waals surface area contributed by atoms with E-state index in [-0.39, 0.29) is 0 Å². The van der Waals surface area contributed by atoms with Crippen molar-refractivity contribution in [2.24, 2.45) is 0 Å². The Balaban J connectivity index is 1.73. The molecule has 7 heteroatoms. The van der Waals surface area contributed by atoms with Gasteiger partial charge in [-0.3, -0.25) is 4.98 Å². The van der Waals surface area contributed by atoms with Gasteiger partial charge in [0.15, 0.2) is 11.5 Å². The second-order valence-electron chi connectivity index (χ2n) is 5.71. The van der Waals surface area contributed by atoms with Gasteiger partial charge in [-0.1, -0.05) is 23.2 Å². The van der Waals surface area contributed by atoms with Crippen LogP contribution in [0.1, 0.15) is 22.9 Å². The zero-order valence-corrected chi connectivity index (χ0v) is 15.0. The first-order chi connectivity index (χ1) is 12.0. The maximum absolute atomic E-state index is 6.19. The van der Waals surface area contributed by atoms with Gasteiger partial charge in [0, 0.05) is 16.6 Å². The first-order valence-electron chi connectivity index (χ1n) is 7.64. The predicted molar refractivity (Wildman–Crippen MR) is 101 cm³/mol. The van der Waals surface area contributed by atoms with E-state index in [2.05, 4.69) is 20.1 Å². The third-order valence-corrected chi connectivity index (χ3v) is 4.40. The van der Waals surface area contributed by atoms with E-state index in [1.54, 1.807) is 22.8 Å². The molecule has 0 saturated carbocycles. The largest absolute Gasteiger partial charge is 0.256 e. The summed E-state index contributed by atoms with van der Waals surface area (Å²) in [7, 11) is 0. The lowest BCUT2D eigenvalue weighted by atomic mass is 10.2. The molecule has 4 rings (SSSR count). The molecule has 3 aromatic heterocycles. The second kappa shape index (κ2) is 6.10. The Morgan fingerprint density at radius 1 is 1.04 bits per heavy atom. The van der Waals surface area contributed by atoms with Crippen LogP contribution in [-0.4, -0.2) is 24.6 Å². The van der Waals surface area contributed by atoms with Crippen LogP contribution in [0.3, 0.4) is 0 Å². The minimum absolute atomic E-state index is 0.562.